The Morgan fingerprint density at radius 2 is 2.25 bits per heavy atom. The van der Waals surface area contributed by atoms with E-state index < -0.39 is 0 Å². The van der Waals surface area contributed by atoms with Gasteiger partial charge in [-0.1, -0.05) is 11.6 Å². The Balaban J connectivity index is 0.00000128. The summed E-state index contributed by atoms with van der Waals surface area (Å²) in [6.45, 7) is 4.70. The topological polar surface area (TPSA) is 15.3 Å². The lowest BCUT2D eigenvalue weighted by Crippen LogP contribution is -2.50. The van der Waals surface area contributed by atoms with Crippen LogP contribution >= 0.6 is 24.0 Å². The first kappa shape index (κ1) is 13.6. The molecule has 1 saturated heterocycles. The van der Waals surface area contributed by atoms with Crippen molar-refractivity contribution in [3.8, 4) is 0 Å². The number of halogens is 3. The summed E-state index contributed by atoms with van der Waals surface area (Å²) >= 11 is 5.72. The molecule has 0 radical (unpaired) electrons. The first-order chi connectivity index (χ1) is 7.18. The molecule has 0 aliphatic carbocycles. The van der Waals surface area contributed by atoms with E-state index in [9.17, 15) is 4.39 Å². The normalized spacial score (nSPS) is 20.4. The molecule has 90 valence electrons. The fourth-order valence-corrected chi connectivity index (χ4v) is 2.07. The summed E-state index contributed by atoms with van der Waals surface area (Å²) in [6, 6.07) is 5.16. The van der Waals surface area contributed by atoms with Gasteiger partial charge in [0.2, 0.25) is 0 Å². The van der Waals surface area contributed by atoms with Gasteiger partial charge in [0.25, 0.3) is 0 Å². The summed E-state index contributed by atoms with van der Waals surface area (Å²) in [5.41, 5.74) is 0.647. The Kier molecular flexibility index (Phi) is 4.84. The minimum atomic E-state index is -0.240. The molecule has 1 unspecified atom stereocenters. The number of nitrogens with zero attached hydrogens (tertiary/aromatic N) is 1. The second-order valence-corrected chi connectivity index (χ2v) is 4.28. The second kappa shape index (κ2) is 5.71. The number of nitrogens with one attached hydrogen (secondary N) is 1. The summed E-state index contributed by atoms with van der Waals surface area (Å²) in [6.07, 6.45) is 0. The van der Waals surface area contributed by atoms with Gasteiger partial charge < -0.3 is 10.2 Å². The highest BCUT2D eigenvalue weighted by atomic mass is 35.5. The molecule has 16 heavy (non-hydrogen) atoms. The molecule has 5 heteroatoms. The molecular formula is C11H15Cl2FN2. The molecule has 1 fully saturated rings. The minimum absolute atomic E-state index is 0. The Morgan fingerprint density at radius 1 is 1.50 bits per heavy atom. The maximum absolute atomic E-state index is 13.7. The lowest BCUT2D eigenvalue weighted by molar-refractivity contribution is 0.491. The molecule has 1 aliphatic heterocycles. The largest absolute Gasteiger partial charge is 0.364 e. The number of anilines is 1. The first-order valence-electron chi connectivity index (χ1n) is 5.11. The highest BCUT2D eigenvalue weighted by Crippen LogP contribution is 2.24. The average Bonchev–Trinajstić information content (AvgIpc) is 2.20. The Labute approximate surface area is 106 Å². The van der Waals surface area contributed by atoms with E-state index in [4.69, 9.17) is 11.6 Å². The van der Waals surface area contributed by atoms with Gasteiger partial charge >= 0.3 is 0 Å². The summed E-state index contributed by atoms with van der Waals surface area (Å²) in [5, 5.41) is 3.72. The van der Waals surface area contributed by atoms with Crippen molar-refractivity contribution in [3.63, 3.8) is 0 Å². The molecule has 1 aromatic carbocycles. The molecule has 0 amide bonds. The highest BCUT2D eigenvalue weighted by molar-refractivity contribution is 6.30. The van der Waals surface area contributed by atoms with Crippen LogP contribution in [0.1, 0.15) is 6.92 Å². The molecule has 2 rings (SSSR count). The zero-order valence-electron chi connectivity index (χ0n) is 9.04. The third kappa shape index (κ3) is 2.78. The van der Waals surface area contributed by atoms with Gasteiger partial charge in [0.15, 0.2) is 0 Å². The van der Waals surface area contributed by atoms with Gasteiger partial charge in [-0.2, -0.15) is 0 Å². The predicted octanol–water partition coefficient (Wildman–Crippen LogP) is 2.70. The molecule has 1 atom stereocenters. The van der Waals surface area contributed by atoms with Gasteiger partial charge in [-0.15, -0.1) is 12.4 Å². The highest BCUT2D eigenvalue weighted by Gasteiger charge is 2.20. The molecule has 0 spiro atoms. The predicted molar refractivity (Wildman–Crippen MR) is 68.3 cm³/mol. The van der Waals surface area contributed by atoms with Crippen molar-refractivity contribution in [2.45, 2.75) is 13.0 Å². The Hall–Kier alpha value is -0.510. The van der Waals surface area contributed by atoms with Crippen LogP contribution in [0.15, 0.2) is 18.2 Å². The fourth-order valence-electron chi connectivity index (χ4n) is 1.91. The van der Waals surface area contributed by atoms with E-state index in [2.05, 4.69) is 17.1 Å². The SMILES string of the molecule is CC1CNCCN1c1ccc(Cl)cc1F.Cl. The molecule has 1 aromatic rings. The van der Waals surface area contributed by atoms with Gasteiger partial charge in [0, 0.05) is 30.7 Å². The van der Waals surface area contributed by atoms with Crippen molar-refractivity contribution in [2.75, 3.05) is 24.5 Å². The van der Waals surface area contributed by atoms with Crippen molar-refractivity contribution in [1.29, 1.82) is 0 Å². The summed E-state index contributed by atoms with van der Waals surface area (Å²) < 4.78 is 13.7. The third-order valence-corrected chi connectivity index (χ3v) is 2.96. The third-order valence-electron chi connectivity index (χ3n) is 2.72. The van der Waals surface area contributed by atoms with Gasteiger partial charge in [0.05, 0.1) is 5.69 Å². The van der Waals surface area contributed by atoms with Gasteiger partial charge in [-0.3, -0.25) is 0 Å². The van der Waals surface area contributed by atoms with Gasteiger partial charge in [0.1, 0.15) is 5.82 Å². The minimum Gasteiger partial charge on any atom is -0.364 e. The van der Waals surface area contributed by atoms with Crippen molar-refractivity contribution < 1.29 is 4.39 Å². The number of piperazine rings is 1. The van der Waals surface area contributed by atoms with Crippen LogP contribution in [-0.2, 0) is 0 Å². The summed E-state index contributed by atoms with van der Waals surface area (Å²) in [7, 11) is 0. The summed E-state index contributed by atoms with van der Waals surface area (Å²) in [4.78, 5) is 2.07. The van der Waals surface area contributed by atoms with E-state index in [1.165, 1.54) is 6.07 Å². The van der Waals surface area contributed by atoms with E-state index >= 15 is 0 Å². The molecule has 2 nitrogen and oxygen atoms in total. The van der Waals surface area contributed by atoms with E-state index in [0.717, 1.165) is 19.6 Å². The second-order valence-electron chi connectivity index (χ2n) is 3.84. The molecule has 1 heterocycles. The standard InChI is InChI=1S/C11H14ClFN2.ClH/c1-8-7-14-4-5-15(8)11-3-2-9(12)6-10(11)13;/h2-3,6,8,14H,4-5,7H2,1H3;1H. The molecule has 0 saturated carbocycles. The fraction of sp³-hybridized carbons (Fsp3) is 0.455. The van der Waals surface area contributed by atoms with Crippen LogP contribution in [0.25, 0.3) is 0 Å². The van der Waals surface area contributed by atoms with Crippen LogP contribution in [-0.4, -0.2) is 25.7 Å². The molecule has 1 aliphatic rings. The lowest BCUT2D eigenvalue weighted by atomic mass is 10.1. The van der Waals surface area contributed by atoms with Crippen LogP contribution in [0.3, 0.4) is 0 Å². The monoisotopic (exact) mass is 264 g/mol. The smallest absolute Gasteiger partial charge is 0.147 e. The van der Waals surface area contributed by atoms with Crippen LogP contribution in [0.2, 0.25) is 5.02 Å². The van der Waals surface area contributed by atoms with Gasteiger partial charge in [-0.25, -0.2) is 4.39 Å². The van der Waals surface area contributed by atoms with Crippen molar-refractivity contribution in [3.05, 3.63) is 29.0 Å². The van der Waals surface area contributed by atoms with Crippen LogP contribution in [0, 0.1) is 5.82 Å². The van der Waals surface area contributed by atoms with Crippen molar-refractivity contribution >= 4 is 29.7 Å². The Bertz CT molecular complexity index is 360. The van der Waals surface area contributed by atoms with Crippen LogP contribution in [0.5, 0.6) is 0 Å². The quantitative estimate of drug-likeness (QED) is 0.839. The number of rotatable bonds is 1. The van der Waals surface area contributed by atoms with Crippen molar-refractivity contribution in [2.24, 2.45) is 0 Å². The Morgan fingerprint density at radius 3 is 2.88 bits per heavy atom. The van der Waals surface area contributed by atoms with Crippen LogP contribution in [0.4, 0.5) is 10.1 Å². The van der Waals surface area contributed by atoms with Crippen molar-refractivity contribution in [1.82, 2.24) is 5.32 Å². The first-order valence-corrected chi connectivity index (χ1v) is 5.48. The van der Waals surface area contributed by atoms with E-state index in [0.29, 0.717) is 16.8 Å². The van der Waals surface area contributed by atoms with Crippen LogP contribution < -0.4 is 10.2 Å². The molecule has 0 aromatic heterocycles. The maximum Gasteiger partial charge on any atom is 0.147 e. The lowest BCUT2D eigenvalue weighted by Gasteiger charge is -2.36. The molecule has 0 bridgehead atoms. The number of hydrogen-bond donors (Lipinski definition) is 1. The van der Waals surface area contributed by atoms with E-state index in [-0.39, 0.29) is 18.2 Å². The zero-order valence-corrected chi connectivity index (χ0v) is 10.6. The molecule has 1 N–H and O–H groups in total. The number of benzene rings is 1. The average molecular weight is 265 g/mol. The van der Waals surface area contributed by atoms with Gasteiger partial charge in [-0.05, 0) is 25.1 Å². The molecular weight excluding hydrogens is 250 g/mol. The maximum atomic E-state index is 13.7. The zero-order chi connectivity index (χ0) is 10.8. The van der Waals surface area contributed by atoms with E-state index in [1.54, 1.807) is 12.1 Å². The summed E-state index contributed by atoms with van der Waals surface area (Å²) in [5.74, 6) is -0.240. The van der Waals surface area contributed by atoms with E-state index in [1.807, 2.05) is 0 Å². The number of hydrogen-bond acceptors (Lipinski definition) is 2.